The number of fused-ring (bicyclic) bond motifs is 1. The largest absolute Gasteiger partial charge is 0.479 e. The number of hydrogen-bond donors (Lipinski definition) is 1. The van der Waals surface area contributed by atoms with Crippen LogP contribution in [0.5, 0.6) is 5.75 Å². The van der Waals surface area contributed by atoms with E-state index in [9.17, 15) is 14.4 Å². The van der Waals surface area contributed by atoms with E-state index in [0.717, 1.165) is 16.3 Å². The maximum absolute atomic E-state index is 12.8. The zero-order valence-corrected chi connectivity index (χ0v) is 18.2. The van der Waals surface area contributed by atoms with Crippen molar-refractivity contribution in [2.24, 2.45) is 0 Å². The molecule has 2 heterocycles. The number of nitrogens with zero attached hydrogens (tertiary/aromatic N) is 2. The van der Waals surface area contributed by atoms with Gasteiger partial charge in [-0.1, -0.05) is 12.1 Å². The normalized spacial score (nSPS) is 15.3. The van der Waals surface area contributed by atoms with Gasteiger partial charge in [0, 0.05) is 22.2 Å². The minimum Gasteiger partial charge on any atom is -0.479 e. The molecule has 1 atom stereocenters. The second-order valence-electron chi connectivity index (χ2n) is 7.30. The summed E-state index contributed by atoms with van der Waals surface area (Å²) in [5.41, 5.74) is 3.18. The Morgan fingerprint density at radius 2 is 2.03 bits per heavy atom. The average molecular weight is 436 g/mol. The lowest BCUT2D eigenvalue weighted by molar-refractivity contribution is -0.127. The van der Waals surface area contributed by atoms with Crippen LogP contribution in [0.25, 0.3) is 11.3 Å². The van der Waals surface area contributed by atoms with E-state index in [-0.39, 0.29) is 24.1 Å². The second kappa shape index (κ2) is 8.31. The number of carbonyl (C=O) groups is 3. The van der Waals surface area contributed by atoms with Crippen LogP contribution < -0.4 is 15.0 Å². The quantitative estimate of drug-likeness (QED) is 0.610. The van der Waals surface area contributed by atoms with Crippen LogP contribution in [0.3, 0.4) is 0 Å². The summed E-state index contributed by atoms with van der Waals surface area (Å²) >= 11 is 1.54. The van der Waals surface area contributed by atoms with Gasteiger partial charge in [-0.25, -0.2) is 4.98 Å². The summed E-state index contributed by atoms with van der Waals surface area (Å²) in [5.74, 6) is -0.225. The molecule has 4 rings (SSSR count). The van der Waals surface area contributed by atoms with Crippen molar-refractivity contribution in [1.29, 1.82) is 0 Å². The molecule has 2 amide bonds. The van der Waals surface area contributed by atoms with Crippen molar-refractivity contribution in [3.8, 4) is 17.0 Å². The van der Waals surface area contributed by atoms with Crippen LogP contribution in [0.1, 0.15) is 29.2 Å². The van der Waals surface area contributed by atoms with Gasteiger partial charge in [0.15, 0.2) is 11.9 Å². The Bertz CT molecular complexity index is 1190. The molecule has 2 aromatic carbocycles. The van der Waals surface area contributed by atoms with Gasteiger partial charge in [0.05, 0.1) is 16.4 Å². The van der Waals surface area contributed by atoms with Gasteiger partial charge in [0.1, 0.15) is 12.3 Å². The Morgan fingerprint density at radius 3 is 2.74 bits per heavy atom. The van der Waals surface area contributed by atoms with Gasteiger partial charge in [0.2, 0.25) is 5.91 Å². The average Bonchev–Trinajstić information content (AvgIpc) is 3.17. The number of amides is 2. The van der Waals surface area contributed by atoms with Crippen molar-refractivity contribution in [2.75, 3.05) is 16.8 Å². The Labute approximate surface area is 183 Å². The van der Waals surface area contributed by atoms with Gasteiger partial charge in [-0.15, -0.1) is 11.3 Å². The SMILES string of the molecule is CC(=O)c1cccc(NC(=O)CN2C(=O)C(C)Oc3ccc(-c4csc(C)n4)cc32)c1. The van der Waals surface area contributed by atoms with Crippen molar-refractivity contribution in [3.05, 3.63) is 58.4 Å². The number of ketones is 1. The lowest BCUT2D eigenvalue weighted by atomic mass is 10.1. The van der Waals surface area contributed by atoms with E-state index in [4.69, 9.17) is 4.74 Å². The van der Waals surface area contributed by atoms with Gasteiger partial charge in [-0.2, -0.15) is 0 Å². The van der Waals surface area contributed by atoms with Crippen molar-refractivity contribution in [3.63, 3.8) is 0 Å². The molecule has 0 fully saturated rings. The van der Waals surface area contributed by atoms with Crippen LogP contribution in [-0.2, 0) is 9.59 Å². The first-order chi connectivity index (χ1) is 14.8. The molecular formula is C23H21N3O4S. The Morgan fingerprint density at radius 1 is 1.23 bits per heavy atom. The van der Waals surface area contributed by atoms with Crippen molar-refractivity contribution in [2.45, 2.75) is 26.9 Å². The number of hydrogen-bond acceptors (Lipinski definition) is 6. The third kappa shape index (κ3) is 4.34. The molecule has 0 bridgehead atoms. The van der Waals surface area contributed by atoms with Crippen LogP contribution in [-0.4, -0.2) is 35.2 Å². The van der Waals surface area contributed by atoms with Gasteiger partial charge >= 0.3 is 0 Å². The van der Waals surface area contributed by atoms with E-state index in [2.05, 4.69) is 10.3 Å². The Balaban J connectivity index is 1.60. The molecule has 0 saturated heterocycles. The van der Waals surface area contributed by atoms with E-state index in [0.29, 0.717) is 22.7 Å². The second-order valence-corrected chi connectivity index (χ2v) is 8.37. The predicted octanol–water partition coefficient (Wildman–Crippen LogP) is 4.07. The molecule has 1 aliphatic heterocycles. The number of aromatic nitrogens is 1. The number of ether oxygens (including phenoxy) is 1. The van der Waals surface area contributed by atoms with Crippen LogP contribution in [0.2, 0.25) is 0 Å². The van der Waals surface area contributed by atoms with Crippen molar-refractivity contribution >= 4 is 40.3 Å². The number of benzene rings is 2. The van der Waals surface area contributed by atoms with Crippen molar-refractivity contribution in [1.82, 2.24) is 4.98 Å². The molecule has 7 nitrogen and oxygen atoms in total. The number of nitrogens with one attached hydrogen (secondary N) is 1. The highest BCUT2D eigenvalue weighted by molar-refractivity contribution is 7.09. The third-order valence-corrected chi connectivity index (χ3v) is 5.71. The predicted molar refractivity (Wildman–Crippen MR) is 120 cm³/mol. The standard InChI is InChI=1S/C23H21N3O4S/c1-13(27)16-5-4-6-18(9-16)25-22(28)11-26-20-10-17(19-12-31-15(3)24-19)7-8-21(20)30-14(2)23(26)29/h4-10,12,14H,11H2,1-3H3,(H,25,28). The molecule has 0 saturated carbocycles. The monoisotopic (exact) mass is 435 g/mol. The highest BCUT2D eigenvalue weighted by atomic mass is 32.1. The summed E-state index contributed by atoms with van der Waals surface area (Å²) in [6, 6.07) is 12.2. The summed E-state index contributed by atoms with van der Waals surface area (Å²) in [7, 11) is 0. The lowest BCUT2D eigenvalue weighted by Crippen LogP contribution is -2.47. The van der Waals surface area contributed by atoms with Crippen LogP contribution in [0, 0.1) is 6.92 Å². The summed E-state index contributed by atoms with van der Waals surface area (Å²) in [6.45, 7) is 4.87. The van der Waals surface area contributed by atoms with Crippen molar-refractivity contribution < 1.29 is 19.1 Å². The lowest BCUT2D eigenvalue weighted by Gasteiger charge is -2.32. The zero-order valence-electron chi connectivity index (χ0n) is 17.3. The fraction of sp³-hybridized carbons (Fsp3) is 0.217. The molecule has 0 aliphatic carbocycles. The van der Waals surface area contributed by atoms with Crippen LogP contribution in [0.4, 0.5) is 11.4 Å². The maximum Gasteiger partial charge on any atom is 0.268 e. The highest BCUT2D eigenvalue weighted by Crippen LogP contribution is 2.37. The number of aryl methyl sites for hydroxylation is 1. The molecule has 1 aromatic heterocycles. The van der Waals surface area contributed by atoms with Crippen LogP contribution >= 0.6 is 11.3 Å². The van der Waals surface area contributed by atoms with Crippen LogP contribution in [0.15, 0.2) is 47.8 Å². The minimum absolute atomic E-state index is 0.0907. The molecule has 158 valence electrons. The Hall–Kier alpha value is -3.52. The maximum atomic E-state index is 12.8. The molecule has 1 unspecified atom stereocenters. The number of Topliss-reactive ketones (excluding diaryl/α,β-unsaturated/α-hetero) is 1. The van der Waals surface area contributed by atoms with Gasteiger partial charge in [-0.05, 0) is 51.1 Å². The smallest absolute Gasteiger partial charge is 0.268 e. The van der Waals surface area contributed by atoms with E-state index < -0.39 is 6.10 Å². The molecule has 3 aromatic rings. The number of rotatable bonds is 5. The van der Waals surface area contributed by atoms with E-state index in [1.165, 1.54) is 11.8 Å². The minimum atomic E-state index is -0.700. The molecule has 1 aliphatic rings. The first-order valence-corrected chi connectivity index (χ1v) is 10.6. The fourth-order valence-corrected chi connectivity index (χ4v) is 4.01. The number of thiazole rings is 1. The summed E-state index contributed by atoms with van der Waals surface area (Å²) in [4.78, 5) is 43.1. The zero-order chi connectivity index (χ0) is 22.1. The number of anilines is 2. The van der Waals surface area contributed by atoms with E-state index >= 15 is 0 Å². The molecule has 31 heavy (non-hydrogen) atoms. The molecular weight excluding hydrogens is 414 g/mol. The first-order valence-electron chi connectivity index (χ1n) is 9.77. The topological polar surface area (TPSA) is 88.6 Å². The third-order valence-electron chi connectivity index (χ3n) is 4.94. The Kier molecular flexibility index (Phi) is 5.56. The molecule has 0 spiro atoms. The summed E-state index contributed by atoms with van der Waals surface area (Å²) < 4.78 is 5.73. The summed E-state index contributed by atoms with van der Waals surface area (Å²) in [6.07, 6.45) is -0.700. The van der Waals surface area contributed by atoms with Gasteiger partial charge in [0.25, 0.3) is 5.91 Å². The molecule has 1 N–H and O–H groups in total. The van der Waals surface area contributed by atoms with Gasteiger partial charge in [-0.3, -0.25) is 19.3 Å². The van der Waals surface area contributed by atoms with E-state index in [1.54, 1.807) is 48.6 Å². The van der Waals surface area contributed by atoms with E-state index in [1.807, 2.05) is 24.4 Å². The van der Waals surface area contributed by atoms with Gasteiger partial charge < -0.3 is 10.1 Å². The highest BCUT2D eigenvalue weighted by Gasteiger charge is 2.33. The first kappa shape index (κ1) is 20.7. The fourth-order valence-electron chi connectivity index (χ4n) is 3.39. The molecule has 8 heteroatoms. The summed E-state index contributed by atoms with van der Waals surface area (Å²) in [5, 5.41) is 5.65. The molecule has 0 radical (unpaired) electrons. The number of carbonyl (C=O) groups excluding carboxylic acids is 3.